The molecular formula is C16H35BCl2N2NaO2S2. The van der Waals surface area contributed by atoms with Crippen LogP contribution in [0, 0.1) is 0 Å². The van der Waals surface area contributed by atoms with Crippen molar-refractivity contribution < 1.29 is 39.4 Å². The van der Waals surface area contributed by atoms with Crippen LogP contribution in [-0.4, -0.2) is 48.8 Å². The third-order valence-electron chi connectivity index (χ3n) is 2.16. The number of rotatable bonds is 5. The van der Waals surface area contributed by atoms with Gasteiger partial charge >= 0.3 is 29.6 Å². The molecule has 0 aromatic rings. The largest absolute Gasteiger partial charge is 1.00 e. The number of nitrogens with zero attached hydrogens (tertiary/aromatic N) is 1. The van der Waals surface area contributed by atoms with E-state index < -0.39 is 26.8 Å². The van der Waals surface area contributed by atoms with Gasteiger partial charge in [-0.25, -0.2) is 13.1 Å². The van der Waals surface area contributed by atoms with E-state index in [1.54, 1.807) is 13.8 Å². The summed E-state index contributed by atoms with van der Waals surface area (Å²) in [5, 5.41) is 0. The van der Waals surface area contributed by atoms with Crippen LogP contribution in [0.5, 0.6) is 0 Å². The number of alkyl halides is 2. The van der Waals surface area contributed by atoms with Crippen LogP contribution in [0.3, 0.4) is 0 Å². The average molecular weight is 456 g/mol. The van der Waals surface area contributed by atoms with Crippen LogP contribution in [-0.2, 0) is 22.0 Å². The van der Waals surface area contributed by atoms with Crippen molar-refractivity contribution in [2.24, 2.45) is 4.40 Å². The fourth-order valence-corrected chi connectivity index (χ4v) is 2.64. The van der Waals surface area contributed by atoms with Gasteiger partial charge in [0.2, 0.25) is 0 Å². The Hall–Kier alpha value is 1.57. The number of hydrogen-bond donors (Lipinski definition) is 1. The summed E-state index contributed by atoms with van der Waals surface area (Å²) in [6, 6.07) is 0. The normalized spacial score (nSPS) is 15.2. The summed E-state index contributed by atoms with van der Waals surface area (Å²) in [4.78, 5) is -0.845. The van der Waals surface area contributed by atoms with Crippen molar-refractivity contribution >= 4 is 59.8 Å². The summed E-state index contributed by atoms with van der Waals surface area (Å²) >= 11 is 11.8. The first-order chi connectivity index (χ1) is 10.3. The average Bonchev–Trinajstić information content (AvgIpc) is 2.29. The molecule has 26 heavy (non-hydrogen) atoms. The van der Waals surface area contributed by atoms with Gasteiger partial charge in [0, 0.05) is 21.2 Å². The molecule has 0 fully saturated rings. The van der Waals surface area contributed by atoms with E-state index in [1.165, 1.54) is 6.21 Å². The zero-order valence-electron chi connectivity index (χ0n) is 19.2. The molecule has 2 unspecified atom stereocenters. The van der Waals surface area contributed by atoms with E-state index >= 15 is 0 Å². The quantitative estimate of drug-likeness (QED) is 0.386. The predicted octanol–water partition coefficient (Wildman–Crippen LogP) is 1.33. The third kappa shape index (κ3) is 23.6. The summed E-state index contributed by atoms with van der Waals surface area (Å²) in [6.07, 6.45) is 1.52. The zero-order valence-corrected chi connectivity index (χ0v) is 23.3. The van der Waals surface area contributed by atoms with Gasteiger partial charge in [-0.2, -0.15) is 4.40 Å². The maximum atomic E-state index is 11.5. The Kier molecular flexibility index (Phi) is 18.5. The number of nitrogens with one attached hydrogen (secondary N) is 1. The molecule has 10 heteroatoms. The molecule has 0 aromatic carbocycles. The van der Waals surface area contributed by atoms with Crippen molar-refractivity contribution in [3.8, 4) is 0 Å². The first kappa shape index (κ1) is 35.0. The molecule has 0 saturated heterocycles. The third-order valence-corrected chi connectivity index (χ3v) is 5.25. The van der Waals surface area contributed by atoms with Gasteiger partial charge < -0.3 is 1.43 Å². The van der Waals surface area contributed by atoms with Crippen molar-refractivity contribution in [1.82, 2.24) is 4.72 Å². The molecule has 3 radical (unpaired) electrons. The topological polar surface area (TPSA) is 58.5 Å². The molecule has 0 amide bonds. The molecule has 0 aromatic heterocycles. The molecule has 4 nitrogen and oxygen atoms in total. The maximum absolute atomic E-state index is 11.5. The Morgan fingerprint density at radius 1 is 0.923 bits per heavy atom. The zero-order chi connectivity index (χ0) is 20.0. The SMILES string of the molecule is CC(C)(Cl)C=NS(=O)C(C)(C)C.CC(C)(Cl)CNS(=O)C(C)(C)C.[B].[H-].[Na+]. The number of hydrogen-bond acceptors (Lipinski definition) is 2. The smallest absolute Gasteiger partial charge is 1.00 e. The maximum Gasteiger partial charge on any atom is 1.00 e. The molecule has 151 valence electrons. The summed E-state index contributed by atoms with van der Waals surface area (Å²) in [7, 11) is -2.22. The minimum atomic E-state index is -1.20. The van der Waals surface area contributed by atoms with Gasteiger partial charge in [0.15, 0.2) is 0 Å². The Balaban J connectivity index is -0.000000108. The van der Waals surface area contributed by atoms with Crippen LogP contribution in [0.2, 0.25) is 0 Å². The molecule has 0 saturated carbocycles. The summed E-state index contributed by atoms with van der Waals surface area (Å²) < 4.78 is 29.1. The summed E-state index contributed by atoms with van der Waals surface area (Å²) in [5.74, 6) is 0. The Morgan fingerprint density at radius 3 is 1.54 bits per heavy atom. The second-order valence-electron chi connectivity index (χ2n) is 8.58. The summed E-state index contributed by atoms with van der Waals surface area (Å²) in [5.41, 5.74) is 0. The minimum Gasteiger partial charge on any atom is -1.00 e. The van der Waals surface area contributed by atoms with Crippen molar-refractivity contribution in [2.75, 3.05) is 6.54 Å². The predicted molar refractivity (Wildman–Crippen MR) is 119 cm³/mol. The molecule has 2 atom stereocenters. The standard InChI is InChI=1S/C8H18ClNOS.C8H16ClNOS.B.Na.H/c2*1-7(2,3)12(11)10-6-8(4,5)9;;;/h10H,6H2,1-5H3;6H,1-5H3;;;/q;;;+1;-1. The van der Waals surface area contributed by atoms with Crippen LogP contribution in [0.1, 0.15) is 70.7 Å². The van der Waals surface area contributed by atoms with Crippen LogP contribution in [0.15, 0.2) is 4.40 Å². The first-order valence-electron chi connectivity index (χ1n) is 7.76. The molecule has 0 aliphatic heterocycles. The van der Waals surface area contributed by atoms with E-state index in [9.17, 15) is 8.42 Å². The molecule has 0 heterocycles. The first-order valence-corrected chi connectivity index (χ1v) is 10.8. The molecule has 1 N–H and O–H groups in total. The fraction of sp³-hybridized carbons (Fsp3) is 0.938. The molecular weight excluding hydrogens is 421 g/mol. The van der Waals surface area contributed by atoms with Crippen molar-refractivity contribution in [1.29, 1.82) is 0 Å². The van der Waals surface area contributed by atoms with Crippen molar-refractivity contribution in [3.05, 3.63) is 0 Å². The van der Waals surface area contributed by atoms with Gasteiger partial charge in [-0.3, -0.25) is 0 Å². The van der Waals surface area contributed by atoms with Gasteiger partial charge in [0.1, 0.15) is 11.0 Å². The van der Waals surface area contributed by atoms with E-state index in [2.05, 4.69) is 9.12 Å². The molecule has 0 aliphatic carbocycles. The van der Waals surface area contributed by atoms with Crippen LogP contribution in [0.25, 0.3) is 0 Å². The minimum absolute atomic E-state index is 0. The van der Waals surface area contributed by atoms with Gasteiger partial charge in [-0.1, -0.05) is 0 Å². The van der Waals surface area contributed by atoms with Gasteiger partial charge in [-0.05, 0) is 69.2 Å². The Bertz CT molecular complexity index is 473. The van der Waals surface area contributed by atoms with E-state index in [1.807, 2.05) is 55.4 Å². The van der Waals surface area contributed by atoms with Crippen LogP contribution in [0.4, 0.5) is 0 Å². The second kappa shape index (κ2) is 13.7. The monoisotopic (exact) mass is 455 g/mol. The Labute approximate surface area is 202 Å². The fourth-order valence-electron chi connectivity index (χ4n) is 0.785. The van der Waals surface area contributed by atoms with Gasteiger partial charge in [0.25, 0.3) is 0 Å². The van der Waals surface area contributed by atoms with Crippen molar-refractivity contribution in [2.45, 2.75) is 88.5 Å². The van der Waals surface area contributed by atoms with Crippen LogP contribution < -0.4 is 34.3 Å². The van der Waals surface area contributed by atoms with Gasteiger partial charge in [-0.15, -0.1) is 23.2 Å². The van der Waals surface area contributed by atoms with E-state index in [0.29, 0.717) is 6.54 Å². The second-order valence-corrected chi connectivity index (χ2v) is 14.6. The van der Waals surface area contributed by atoms with E-state index in [4.69, 9.17) is 23.2 Å². The van der Waals surface area contributed by atoms with E-state index in [-0.39, 0.29) is 53.8 Å². The number of halogens is 2. The van der Waals surface area contributed by atoms with Gasteiger partial charge in [0.05, 0.1) is 30.2 Å². The Morgan fingerprint density at radius 2 is 1.31 bits per heavy atom. The molecule has 0 aliphatic rings. The molecule has 0 bridgehead atoms. The van der Waals surface area contributed by atoms with E-state index in [0.717, 1.165) is 0 Å². The molecule has 0 spiro atoms. The van der Waals surface area contributed by atoms with Crippen molar-refractivity contribution in [3.63, 3.8) is 0 Å². The summed E-state index contributed by atoms with van der Waals surface area (Å²) in [6.45, 7) is 19.4. The van der Waals surface area contributed by atoms with Crippen LogP contribution >= 0.6 is 23.2 Å². The molecule has 0 rings (SSSR count).